The third-order valence-corrected chi connectivity index (χ3v) is 5.32. The summed E-state index contributed by atoms with van der Waals surface area (Å²) in [4.78, 5) is 23.6. The van der Waals surface area contributed by atoms with Gasteiger partial charge in [-0.2, -0.15) is 0 Å². The van der Waals surface area contributed by atoms with Gasteiger partial charge in [-0.25, -0.2) is 9.97 Å². The molecule has 0 unspecified atom stereocenters. The van der Waals surface area contributed by atoms with E-state index in [2.05, 4.69) is 65.2 Å². The number of carbonyl (C=O) groups excluding carboxylic acids is 1. The predicted molar refractivity (Wildman–Crippen MR) is 116 cm³/mol. The Kier molecular flexibility index (Phi) is 5.05. The van der Waals surface area contributed by atoms with Crippen LogP contribution in [0.15, 0.2) is 60.9 Å². The molecule has 1 aliphatic rings. The van der Waals surface area contributed by atoms with Crippen molar-refractivity contribution in [2.75, 3.05) is 16.8 Å². The van der Waals surface area contributed by atoms with E-state index in [0.717, 1.165) is 25.2 Å². The first-order chi connectivity index (χ1) is 13.9. The number of fused-ring (bicyclic) bond motifs is 1. The largest absolute Gasteiger partial charge is 0.336 e. The van der Waals surface area contributed by atoms with E-state index in [0.29, 0.717) is 11.5 Å². The Morgan fingerprint density at radius 2 is 1.62 bits per heavy atom. The molecule has 0 spiro atoms. The summed E-state index contributed by atoms with van der Waals surface area (Å²) < 4.78 is 0. The van der Waals surface area contributed by atoms with Crippen LogP contribution >= 0.6 is 0 Å². The van der Waals surface area contributed by atoms with Crippen molar-refractivity contribution >= 4 is 17.5 Å². The Labute approximate surface area is 171 Å². The van der Waals surface area contributed by atoms with Gasteiger partial charge in [0.25, 0.3) is 5.91 Å². The molecule has 0 fully saturated rings. The standard InChI is InChI=1S/C24H26N4O/c1-24(2,3)20-8-10-21(11-9-20)27-22(29)19-14-25-23(26-15-19)28-13-12-17-6-4-5-7-18(17)16-28/h4-11,14-15H,12-13,16H2,1-3H3,(H,27,29). The summed E-state index contributed by atoms with van der Waals surface area (Å²) in [6.45, 7) is 8.17. The Balaban J connectivity index is 1.42. The van der Waals surface area contributed by atoms with Crippen molar-refractivity contribution in [1.29, 1.82) is 0 Å². The van der Waals surface area contributed by atoms with E-state index in [1.165, 1.54) is 16.7 Å². The number of anilines is 2. The number of benzene rings is 2. The van der Waals surface area contributed by atoms with Crippen LogP contribution in [0, 0.1) is 0 Å². The number of nitrogens with zero attached hydrogens (tertiary/aromatic N) is 3. The lowest BCUT2D eigenvalue weighted by molar-refractivity contribution is 0.102. The minimum absolute atomic E-state index is 0.0845. The summed E-state index contributed by atoms with van der Waals surface area (Å²) in [5.74, 6) is 0.453. The molecule has 0 saturated heterocycles. The molecule has 0 bridgehead atoms. The molecule has 1 N–H and O–H groups in total. The second-order valence-corrected chi connectivity index (χ2v) is 8.49. The highest BCUT2D eigenvalue weighted by Crippen LogP contribution is 2.24. The second kappa shape index (κ2) is 7.66. The smallest absolute Gasteiger partial charge is 0.258 e. The molecule has 2 aromatic carbocycles. The zero-order valence-electron chi connectivity index (χ0n) is 17.1. The van der Waals surface area contributed by atoms with Crippen LogP contribution in [-0.4, -0.2) is 22.4 Å². The Bertz CT molecular complexity index is 1000. The maximum atomic E-state index is 12.5. The van der Waals surface area contributed by atoms with E-state index in [-0.39, 0.29) is 11.3 Å². The minimum atomic E-state index is -0.205. The lowest BCUT2D eigenvalue weighted by Crippen LogP contribution is -2.31. The maximum Gasteiger partial charge on any atom is 0.258 e. The van der Waals surface area contributed by atoms with E-state index in [9.17, 15) is 4.79 Å². The molecule has 0 saturated carbocycles. The molecular weight excluding hydrogens is 360 g/mol. The van der Waals surface area contributed by atoms with E-state index in [1.54, 1.807) is 12.4 Å². The molecule has 5 nitrogen and oxygen atoms in total. The third-order valence-electron chi connectivity index (χ3n) is 5.32. The van der Waals surface area contributed by atoms with Gasteiger partial charge in [0.05, 0.1) is 5.56 Å². The fourth-order valence-electron chi connectivity index (χ4n) is 3.53. The average molecular weight is 386 g/mol. The lowest BCUT2D eigenvalue weighted by atomic mass is 9.87. The summed E-state index contributed by atoms with van der Waals surface area (Å²) in [6, 6.07) is 16.4. The van der Waals surface area contributed by atoms with Crippen LogP contribution in [-0.2, 0) is 18.4 Å². The van der Waals surface area contributed by atoms with Crippen LogP contribution in [0.25, 0.3) is 0 Å². The summed E-state index contributed by atoms with van der Waals surface area (Å²) in [6.07, 6.45) is 4.18. The van der Waals surface area contributed by atoms with Gasteiger partial charge in [0, 0.05) is 31.2 Å². The van der Waals surface area contributed by atoms with Crippen molar-refractivity contribution in [3.63, 3.8) is 0 Å². The molecule has 3 aromatic rings. The van der Waals surface area contributed by atoms with E-state index in [1.807, 2.05) is 24.3 Å². The van der Waals surface area contributed by atoms with Crippen molar-refractivity contribution in [3.8, 4) is 0 Å². The quantitative estimate of drug-likeness (QED) is 0.715. The van der Waals surface area contributed by atoms with Gasteiger partial charge in [-0.05, 0) is 40.7 Å². The molecule has 148 valence electrons. The fourth-order valence-corrected chi connectivity index (χ4v) is 3.53. The molecule has 0 atom stereocenters. The number of aromatic nitrogens is 2. The van der Waals surface area contributed by atoms with Crippen LogP contribution in [0.1, 0.15) is 47.8 Å². The molecular formula is C24H26N4O. The Hall–Kier alpha value is -3.21. The number of hydrogen-bond donors (Lipinski definition) is 1. The molecule has 1 aliphatic heterocycles. The van der Waals surface area contributed by atoms with Crippen molar-refractivity contribution in [1.82, 2.24) is 9.97 Å². The van der Waals surface area contributed by atoms with Crippen LogP contribution in [0.4, 0.5) is 11.6 Å². The molecule has 1 amide bonds. The number of nitrogens with one attached hydrogen (secondary N) is 1. The lowest BCUT2D eigenvalue weighted by Gasteiger charge is -2.28. The average Bonchev–Trinajstić information content (AvgIpc) is 2.73. The zero-order valence-corrected chi connectivity index (χ0v) is 17.1. The molecule has 29 heavy (non-hydrogen) atoms. The van der Waals surface area contributed by atoms with Crippen LogP contribution in [0.2, 0.25) is 0 Å². The topological polar surface area (TPSA) is 58.1 Å². The van der Waals surface area contributed by atoms with Crippen LogP contribution < -0.4 is 10.2 Å². The molecule has 4 rings (SSSR count). The number of carbonyl (C=O) groups is 1. The predicted octanol–water partition coefficient (Wildman–Crippen LogP) is 4.59. The number of hydrogen-bond acceptors (Lipinski definition) is 4. The first-order valence-electron chi connectivity index (χ1n) is 9.96. The van der Waals surface area contributed by atoms with Gasteiger partial charge in [0.15, 0.2) is 0 Å². The number of rotatable bonds is 3. The van der Waals surface area contributed by atoms with E-state index >= 15 is 0 Å². The van der Waals surface area contributed by atoms with Gasteiger partial charge >= 0.3 is 0 Å². The Morgan fingerprint density at radius 3 is 2.28 bits per heavy atom. The first kappa shape index (κ1) is 19.1. The summed E-state index contributed by atoms with van der Waals surface area (Å²) in [5, 5.41) is 2.92. The molecule has 0 radical (unpaired) electrons. The van der Waals surface area contributed by atoms with Gasteiger partial charge in [0.1, 0.15) is 0 Å². The van der Waals surface area contributed by atoms with E-state index in [4.69, 9.17) is 0 Å². The molecule has 2 heterocycles. The van der Waals surface area contributed by atoms with Crippen LogP contribution in [0.3, 0.4) is 0 Å². The first-order valence-corrected chi connectivity index (χ1v) is 9.96. The van der Waals surface area contributed by atoms with Gasteiger partial charge < -0.3 is 10.2 Å². The second-order valence-electron chi connectivity index (χ2n) is 8.49. The molecule has 0 aliphatic carbocycles. The summed E-state index contributed by atoms with van der Waals surface area (Å²) >= 11 is 0. The highest BCUT2D eigenvalue weighted by atomic mass is 16.1. The monoisotopic (exact) mass is 386 g/mol. The van der Waals surface area contributed by atoms with Gasteiger partial charge in [-0.3, -0.25) is 4.79 Å². The Morgan fingerprint density at radius 1 is 0.966 bits per heavy atom. The zero-order chi connectivity index (χ0) is 20.4. The molecule has 5 heteroatoms. The van der Waals surface area contributed by atoms with E-state index < -0.39 is 0 Å². The van der Waals surface area contributed by atoms with Gasteiger partial charge in [0.2, 0.25) is 5.95 Å². The minimum Gasteiger partial charge on any atom is -0.336 e. The molecule has 1 aromatic heterocycles. The normalized spacial score (nSPS) is 13.7. The van der Waals surface area contributed by atoms with Crippen molar-refractivity contribution in [2.45, 2.75) is 39.2 Å². The summed E-state index contributed by atoms with van der Waals surface area (Å²) in [5.41, 5.74) is 5.22. The van der Waals surface area contributed by atoms with Crippen molar-refractivity contribution in [2.24, 2.45) is 0 Å². The highest BCUT2D eigenvalue weighted by molar-refractivity contribution is 6.03. The van der Waals surface area contributed by atoms with Crippen molar-refractivity contribution in [3.05, 3.63) is 83.2 Å². The van der Waals surface area contributed by atoms with Gasteiger partial charge in [-0.15, -0.1) is 0 Å². The summed E-state index contributed by atoms with van der Waals surface area (Å²) in [7, 11) is 0. The van der Waals surface area contributed by atoms with Crippen LogP contribution in [0.5, 0.6) is 0 Å². The number of amides is 1. The SMILES string of the molecule is CC(C)(C)c1ccc(NC(=O)c2cnc(N3CCc4ccccc4C3)nc2)cc1. The van der Waals surface area contributed by atoms with Gasteiger partial charge in [-0.1, -0.05) is 57.2 Å². The third kappa shape index (κ3) is 4.29. The fraction of sp³-hybridized carbons (Fsp3) is 0.292. The van der Waals surface area contributed by atoms with Crippen molar-refractivity contribution < 1.29 is 4.79 Å². The maximum absolute atomic E-state index is 12.5. The highest BCUT2D eigenvalue weighted by Gasteiger charge is 2.19.